The number of sulfone groups is 1. The number of hydrogen-bond acceptors (Lipinski definition) is 5. The lowest BCUT2D eigenvalue weighted by Gasteiger charge is -2.14. The zero-order valence-electron chi connectivity index (χ0n) is 15.0. The number of nitrogens with zero attached hydrogens (tertiary/aromatic N) is 1. The Morgan fingerprint density at radius 3 is 2.50 bits per heavy atom. The largest absolute Gasteiger partial charge is 0.375 e. The molecule has 0 bridgehead atoms. The lowest BCUT2D eigenvalue weighted by Crippen LogP contribution is -2.22. The normalized spacial score (nSPS) is 11.1. The fourth-order valence-electron chi connectivity index (χ4n) is 2.57. The molecule has 8 heteroatoms. The minimum Gasteiger partial charge on any atom is -0.375 e. The van der Waals surface area contributed by atoms with E-state index in [-0.39, 0.29) is 22.2 Å². The van der Waals surface area contributed by atoms with Crippen molar-refractivity contribution in [1.29, 1.82) is 0 Å². The quantitative estimate of drug-likeness (QED) is 0.580. The molecule has 0 saturated carbocycles. The fourth-order valence-corrected chi connectivity index (χ4v) is 5.06. The zero-order valence-corrected chi connectivity index (χ0v) is 17.4. The number of carbonyl (C=O) groups is 1. The Labute approximate surface area is 172 Å². The summed E-state index contributed by atoms with van der Waals surface area (Å²) in [6.07, 6.45) is 3.14. The molecule has 0 atom stereocenters. The molecular formula is C20H18BrN3O3S. The van der Waals surface area contributed by atoms with Crippen molar-refractivity contribution in [3.05, 3.63) is 77.0 Å². The van der Waals surface area contributed by atoms with Crippen LogP contribution in [0.25, 0.3) is 0 Å². The molecule has 0 aliphatic rings. The SMILES string of the molecule is Cc1ccc(S(=O)(=O)c2c(Br)cccc2NCC(=O)Nc2cccnc2)cc1. The van der Waals surface area contributed by atoms with Gasteiger partial charge in [0.2, 0.25) is 15.7 Å². The molecule has 0 radical (unpaired) electrons. The maximum absolute atomic E-state index is 13.1. The van der Waals surface area contributed by atoms with Gasteiger partial charge in [0.1, 0.15) is 4.90 Å². The lowest BCUT2D eigenvalue weighted by atomic mass is 10.2. The van der Waals surface area contributed by atoms with Crippen molar-refractivity contribution in [3.8, 4) is 0 Å². The number of rotatable bonds is 6. The first-order valence-corrected chi connectivity index (χ1v) is 10.7. The van der Waals surface area contributed by atoms with Crippen molar-refractivity contribution in [2.24, 2.45) is 0 Å². The van der Waals surface area contributed by atoms with E-state index in [0.29, 0.717) is 15.8 Å². The van der Waals surface area contributed by atoms with Crippen LogP contribution in [-0.4, -0.2) is 25.9 Å². The molecule has 3 aromatic rings. The van der Waals surface area contributed by atoms with Gasteiger partial charge in [-0.15, -0.1) is 0 Å². The van der Waals surface area contributed by atoms with Crippen molar-refractivity contribution in [2.45, 2.75) is 16.7 Å². The predicted octanol–water partition coefficient (Wildman–Crippen LogP) is 4.04. The number of pyridine rings is 1. The van der Waals surface area contributed by atoms with Crippen LogP contribution >= 0.6 is 15.9 Å². The molecule has 144 valence electrons. The number of benzene rings is 2. The maximum atomic E-state index is 13.1. The van der Waals surface area contributed by atoms with Crippen LogP contribution in [-0.2, 0) is 14.6 Å². The Bertz CT molecular complexity index is 1090. The van der Waals surface area contributed by atoms with Crippen LogP contribution in [0, 0.1) is 6.92 Å². The Balaban J connectivity index is 1.84. The van der Waals surface area contributed by atoms with E-state index in [0.717, 1.165) is 5.56 Å². The molecule has 0 fully saturated rings. The van der Waals surface area contributed by atoms with Gasteiger partial charge in [-0.25, -0.2) is 8.42 Å². The van der Waals surface area contributed by atoms with Gasteiger partial charge in [-0.3, -0.25) is 9.78 Å². The van der Waals surface area contributed by atoms with Gasteiger partial charge >= 0.3 is 0 Å². The summed E-state index contributed by atoms with van der Waals surface area (Å²) in [5, 5.41) is 5.62. The Morgan fingerprint density at radius 2 is 1.82 bits per heavy atom. The van der Waals surface area contributed by atoms with E-state index < -0.39 is 9.84 Å². The molecule has 3 rings (SSSR count). The molecule has 1 aromatic heterocycles. The smallest absolute Gasteiger partial charge is 0.243 e. The number of aromatic nitrogens is 1. The molecule has 0 aliphatic carbocycles. The minimum absolute atomic E-state index is 0.0908. The van der Waals surface area contributed by atoms with E-state index in [2.05, 4.69) is 31.5 Å². The van der Waals surface area contributed by atoms with Crippen molar-refractivity contribution in [2.75, 3.05) is 17.2 Å². The number of nitrogens with one attached hydrogen (secondary N) is 2. The number of aryl methyl sites for hydroxylation is 1. The van der Waals surface area contributed by atoms with E-state index in [1.54, 1.807) is 60.8 Å². The first-order chi connectivity index (χ1) is 13.4. The first kappa shape index (κ1) is 20.0. The topological polar surface area (TPSA) is 88.2 Å². The average molecular weight is 460 g/mol. The molecule has 0 unspecified atom stereocenters. The molecule has 0 saturated heterocycles. The van der Waals surface area contributed by atoms with Crippen LogP contribution in [0.1, 0.15) is 5.56 Å². The highest BCUT2D eigenvalue weighted by atomic mass is 79.9. The van der Waals surface area contributed by atoms with E-state index in [1.807, 2.05) is 6.92 Å². The standard InChI is InChI=1S/C20H18BrN3O3S/c1-14-7-9-16(10-8-14)28(26,27)20-17(21)5-2-6-18(20)23-13-19(25)24-15-4-3-11-22-12-15/h2-12,23H,13H2,1H3,(H,24,25). The van der Waals surface area contributed by atoms with Crippen LogP contribution in [0.5, 0.6) is 0 Å². The first-order valence-electron chi connectivity index (χ1n) is 8.42. The van der Waals surface area contributed by atoms with Gasteiger partial charge in [0, 0.05) is 10.7 Å². The Kier molecular flexibility index (Phi) is 6.11. The third-order valence-electron chi connectivity index (χ3n) is 3.95. The molecule has 28 heavy (non-hydrogen) atoms. The molecular weight excluding hydrogens is 442 g/mol. The van der Waals surface area contributed by atoms with Gasteiger partial charge in [-0.2, -0.15) is 0 Å². The van der Waals surface area contributed by atoms with E-state index in [9.17, 15) is 13.2 Å². The summed E-state index contributed by atoms with van der Waals surface area (Å²) >= 11 is 3.33. The van der Waals surface area contributed by atoms with Crippen LogP contribution in [0.3, 0.4) is 0 Å². The highest BCUT2D eigenvalue weighted by molar-refractivity contribution is 9.10. The summed E-state index contributed by atoms with van der Waals surface area (Å²) in [5.41, 5.74) is 1.88. The van der Waals surface area contributed by atoms with Gasteiger partial charge in [0.05, 0.1) is 29.0 Å². The Morgan fingerprint density at radius 1 is 1.07 bits per heavy atom. The second-order valence-electron chi connectivity index (χ2n) is 6.08. The number of hydrogen-bond donors (Lipinski definition) is 2. The third kappa shape index (κ3) is 4.58. The summed E-state index contributed by atoms with van der Waals surface area (Å²) < 4.78 is 26.7. The summed E-state index contributed by atoms with van der Waals surface area (Å²) in [4.78, 5) is 16.4. The summed E-state index contributed by atoms with van der Waals surface area (Å²) in [5.74, 6) is -0.313. The summed E-state index contributed by atoms with van der Waals surface area (Å²) in [7, 11) is -3.77. The second-order valence-corrected chi connectivity index (χ2v) is 8.82. The molecule has 6 nitrogen and oxygen atoms in total. The van der Waals surface area contributed by atoms with E-state index in [4.69, 9.17) is 0 Å². The van der Waals surface area contributed by atoms with Gasteiger partial charge in [-0.1, -0.05) is 23.8 Å². The number of carbonyl (C=O) groups excluding carboxylic acids is 1. The zero-order chi connectivity index (χ0) is 20.1. The average Bonchev–Trinajstić information content (AvgIpc) is 2.67. The molecule has 0 aliphatic heterocycles. The number of amides is 1. The van der Waals surface area contributed by atoms with Crippen molar-refractivity contribution >= 4 is 43.0 Å². The van der Waals surface area contributed by atoms with Crippen LogP contribution in [0.15, 0.2) is 81.3 Å². The monoisotopic (exact) mass is 459 g/mol. The summed E-state index contributed by atoms with van der Waals surface area (Å²) in [6, 6.07) is 15.1. The fraction of sp³-hybridized carbons (Fsp3) is 0.100. The molecule has 1 heterocycles. The van der Waals surface area contributed by atoms with Gasteiger partial charge < -0.3 is 10.6 Å². The maximum Gasteiger partial charge on any atom is 0.243 e. The highest BCUT2D eigenvalue weighted by Crippen LogP contribution is 2.34. The Hall–Kier alpha value is -2.71. The van der Waals surface area contributed by atoms with Gasteiger partial charge in [0.25, 0.3) is 0 Å². The third-order valence-corrected chi connectivity index (χ3v) is 6.75. The van der Waals surface area contributed by atoms with Crippen molar-refractivity contribution in [3.63, 3.8) is 0 Å². The number of halogens is 1. The van der Waals surface area contributed by atoms with Gasteiger partial charge in [-0.05, 0) is 59.3 Å². The second kappa shape index (κ2) is 8.53. The van der Waals surface area contributed by atoms with Gasteiger partial charge in [0.15, 0.2) is 0 Å². The van der Waals surface area contributed by atoms with E-state index >= 15 is 0 Å². The molecule has 2 N–H and O–H groups in total. The number of anilines is 2. The molecule has 1 amide bonds. The van der Waals surface area contributed by atoms with Crippen LogP contribution in [0.2, 0.25) is 0 Å². The molecule has 2 aromatic carbocycles. The van der Waals surface area contributed by atoms with Crippen molar-refractivity contribution in [1.82, 2.24) is 4.98 Å². The van der Waals surface area contributed by atoms with E-state index in [1.165, 1.54) is 6.20 Å². The predicted molar refractivity (Wildman–Crippen MR) is 112 cm³/mol. The van der Waals surface area contributed by atoms with Crippen LogP contribution < -0.4 is 10.6 Å². The summed E-state index contributed by atoms with van der Waals surface area (Å²) in [6.45, 7) is 1.80. The molecule has 0 spiro atoms. The highest BCUT2D eigenvalue weighted by Gasteiger charge is 2.24. The van der Waals surface area contributed by atoms with Crippen LogP contribution in [0.4, 0.5) is 11.4 Å². The van der Waals surface area contributed by atoms with Crippen molar-refractivity contribution < 1.29 is 13.2 Å². The minimum atomic E-state index is -3.77. The lowest BCUT2D eigenvalue weighted by molar-refractivity contribution is -0.114.